The predicted molar refractivity (Wildman–Crippen MR) is 147 cm³/mol. The van der Waals surface area contributed by atoms with Gasteiger partial charge in [-0.1, -0.05) is 69.0 Å². The number of nitrogens with zero attached hydrogens (tertiary/aromatic N) is 2. The number of benzene rings is 2. The molecule has 0 N–H and O–H groups in total. The molecule has 1 aliphatic carbocycles. The van der Waals surface area contributed by atoms with Gasteiger partial charge in [-0.15, -0.1) is 0 Å². The molecule has 0 bridgehead atoms. The number of unbranched alkanes of at least 4 members (excludes halogenated alkanes) is 1. The number of rotatable bonds is 10. The topological polar surface area (TPSA) is 68.2 Å². The van der Waals surface area contributed by atoms with Gasteiger partial charge in [0.05, 0.1) is 13.2 Å². The zero-order valence-corrected chi connectivity index (χ0v) is 22.7. The number of hydrogen-bond acceptors (Lipinski definition) is 5. The van der Waals surface area contributed by atoms with Crippen LogP contribution in [0.4, 0.5) is 0 Å². The molecule has 37 heavy (non-hydrogen) atoms. The lowest BCUT2D eigenvalue weighted by molar-refractivity contribution is -0.158. The van der Waals surface area contributed by atoms with E-state index < -0.39 is 11.1 Å². The van der Waals surface area contributed by atoms with E-state index in [1.54, 1.807) is 20.8 Å². The molecule has 2 aromatic carbocycles. The molecular formula is C31H40N2O4. The van der Waals surface area contributed by atoms with Gasteiger partial charge in [0.25, 0.3) is 5.91 Å². The molecule has 6 nitrogen and oxygen atoms in total. The van der Waals surface area contributed by atoms with Crippen molar-refractivity contribution in [2.75, 3.05) is 6.61 Å². The molecule has 0 aromatic heterocycles. The first kappa shape index (κ1) is 26.9. The van der Waals surface area contributed by atoms with Gasteiger partial charge in [-0.05, 0) is 68.9 Å². The summed E-state index contributed by atoms with van der Waals surface area (Å²) in [6.45, 7) is 8.26. The van der Waals surface area contributed by atoms with E-state index in [4.69, 9.17) is 14.5 Å². The van der Waals surface area contributed by atoms with Crippen LogP contribution < -0.4 is 4.74 Å². The molecule has 4 rings (SSSR count). The number of ether oxygens (including phenoxy) is 2. The van der Waals surface area contributed by atoms with E-state index in [-0.39, 0.29) is 11.9 Å². The van der Waals surface area contributed by atoms with Gasteiger partial charge in [0.1, 0.15) is 17.1 Å². The van der Waals surface area contributed by atoms with Crippen molar-refractivity contribution in [2.24, 2.45) is 4.99 Å². The fourth-order valence-corrected chi connectivity index (χ4v) is 5.22. The van der Waals surface area contributed by atoms with Crippen molar-refractivity contribution in [2.45, 2.75) is 96.7 Å². The average molecular weight is 505 g/mol. The SMILES string of the molecule is CCCCC1=NC2(CCCCC2)C(=O)N1Cc1ccc(-c2ccc(OC(C)(C)C(=O)OCC)cc2)cc1. The summed E-state index contributed by atoms with van der Waals surface area (Å²) >= 11 is 0. The van der Waals surface area contributed by atoms with Gasteiger partial charge in [-0.3, -0.25) is 14.7 Å². The molecule has 0 unspecified atom stereocenters. The summed E-state index contributed by atoms with van der Waals surface area (Å²) in [5.74, 6) is 1.40. The standard InChI is InChI=1S/C31H40N2O4/c1-5-7-11-27-32-31(20-9-8-10-21-31)28(34)33(27)22-23-12-14-24(15-13-23)25-16-18-26(19-17-25)37-30(3,4)29(35)36-6-2/h12-19H,5-11,20-22H2,1-4H3. The Morgan fingerprint density at radius 3 is 2.19 bits per heavy atom. The van der Waals surface area contributed by atoms with Crippen molar-refractivity contribution >= 4 is 17.7 Å². The Balaban J connectivity index is 1.44. The van der Waals surface area contributed by atoms with Crippen LogP contribution >= 0.6 is 0 Å². The van der Waals surface area contributed by atoms with Crippen molar-refractivity contribution in [1.82, 2.24) is 4.90 Å². The van der Waals surface area contributed by atoms with Crippen molar-refractivity contribution < 1.29 is 19.1 Å². The van der Waals surface area contributed by atoms with Gasteiger partial charge in [0.2, 0.25) is 0 Å². The highest BCUT2D eigenvalue weighted by Crippen LogP contribution is 2.39. The molecule has 198 valence electrons. The lowest BCUT2D eigenvalue weighted by Crippen LogP contribution is -2.43. The number of esters is 1. The highest BCUT2D eigenvalue weighted by Gasteiger charge is 2.48. The van der Waals surface area contributed by atoms with Gasteiger partial charge < -0.3 is 9.47 Å². The number of carbonyl (C=O) groups is 2. The minimum atomic E-state index is -1.05. The molecule has 0 radical (unpaired) electrons. The van der Waals surface area contributed by atoms with E-state index in [0.29, 0.717) is 18.9 Å². The van der Waals surface area contributed by atoms with Gasteiger partial charge >= 0.3 is 5.97 Å². The fraction of sp³-hybridized carbons (Fsp3) is 0.516. The van der Waals surface area contributed by atoms with E-state index in [0.717, 1.165) is 67.5 Å². The minimum absolute atomic E-state index is 0.198. The Kier molecular flexibility index (Phi) is 8.35. The smallest absolute Gasteiger partial charge is 0.349 e. The summed E-state index contributed by atoms with van der Waals surface area (Å²) in [6.07, 6.45) is 8.14. The molecule has 1 saturated carbocycles. The normalized spacial score (nSPS) is 17.1. The van der Waals surface area contributed by atoms with E-state index in [1.165, 1.54) is 6.42 Å². The number of hydrogen-bond donors (Lipinski definition) is 0. The van der Waals surface area contributed by atoms with Crippen LogP contribution in [-0.4, -0.2) is 40.4 Å². The Hall–Kier alpha value is -3.15. The average Bonchev–Trinajstić information content (AvgIpc) is 3.14. The Bertz CT molecular complexity index is 1110. The van der Waals surface area contributed by atoms with Gasteiger partial charge in [0.15, 0.2) is 5.60 Å². The zero-order valence-electron chi connectivity index (χ0n) is 22.7. The van der Waals surface area contributed by atoms with E-state index in [9.17, 15) is 9.59 Å². The molecule has 6 heteroatoms. The van der Waals surface area contributed by atoms with Crippen LogP contribution in [0, 0.1) is 0 Å². The van der Waals surface area contributed by atoms with Crippen LogP contribution in [0.2, 0.25) is 0 Å². The fourth-order valence-electron chi connectivity index (χ4n) is 5.22. The lowest BCUT2D eigenvalue weighted by Gasteiger charge is -2.29. The van der Waals surface area contributed by atoms with Gasteiger partial charge in [-0.25, -0.2) is 4.79 Å². The Morgan fingerprint density at radius 1 is 0.973 bits per heavy atom. The molecule has 1 aliphatic heterocycles. The molecule has 1 amide bonds. The molecule has 2 aromatic rings. The van der Waals surface area contributed by atoms with Gasteiger partial charge in [-0.2, -0.15) is 0 Å². The quantitative estimate of drug-likeness (QED) is 0.337. The van der Waals surface area contributed by atoms with E-state index >= 15 is 0 Å². The van der Waals surface area contributed by atoms with Crippen LogP contribution in [-0.2, 0) is 20.9 Å². The maximum atomic E-state index is 13.5. The first-order valence-corrected chi connectivity index (χ1v) is 13.7. The Morgan fingerprint density at radius 2 is 1.59 bits per heavy atom. The molecule has 1 heterocycles. The summed E-state index contributed by atoms with van der Waals surface area (Å²) in [4.78, 5) is 32.6. The minimum Gasteiger partial charge on any atom is -0.476 e. The second-order valence-corrected chi connectivity index (χ2v) is 10.7. The summed E-state index contributed by atoms with van der Waals surface area (Å²) in [5, 5.41) is 0. The van der Waals surface area contributed by atoms with Crippen molar-refractivity contribution in [3.8, 4) is 16.9 Å². The maximum absolute atomic E-state index is 13.5. The monoisotopic (exact) mass is 504 g/mol. The van der Waals surface area contributed by atoms with Crippen molar-refractivity contribution in [3.63, 3.8) is 0 Å². The molecule has 0 atom stereocenters. The predicted octanol–water partition coefficient (Wildman–Crippen LogP) is 6.71. The first-order valence-electron chi connectivity index (χ1n) is 13.7. The van der Waals surface area contributed by atoms with E-state index in [1.807, 2.05) is 29.2 Å². The molecule has 1 fully saturated rings. The first-order chi connectivity index (χ1) is 17.8. The zero-order chi connectivity index (χ0) is 26.5. The van der Waals surface area contributed by atoms with Crippen LogP contribution in [0.3, 0.4) is 0 Å². The van der Waals surface area contributed by atoms with Crippen LogP contribution in [0.1, 0.15) is 84.6 Å². The van der Waals surface area contributed by atoms with Crippen molar-refractivity contribution in [1.29, 1.82) is 0 Å². The molecule has 1 spiro atoms. The number of carbonyl (C=O) groups excluding carboxylic acids is 2. The highest BCUT2D eigenvalue weighted by atomic mass is 16.6. The number of amides is 1. The molecule has 2 aliphatic rings. The molecule has 0 saturated heterocycles. The summed E-state index contributed by atoms with van der Waals surface area (Å²) in [6, 6.07) is 16.1. The van der Waals surface area contributed by atoms with Crippen LogP contribution in [0.25, 0.3) is 11.1 Å². The number of amidine groups is 1. The Labute approximate surface area is 221 Å². The van der Waals surface area contributed by atoms with Crippen LogP contribution in [0.15, 0.2) is 53.5 Å². The van der Waals surface area contributed by atoms with E-state index in [2.05, 4.69) is 31.2 Å². The largest absolute Gasteiger partial charge is 0.476 e. The van der Waals surface area contributed by atoms with Crippen molar-refractivity contribution in [3.05, 3.63) is 54.1 Å². The summed E-state index contributed by atoms with van der Waals surface area (Å²) < 4.78 is 11.0. The summed E-state index contributed by atoms with van der Waals surface area (Å²) in [5.41, 5.74) is 1.67. The maximum Gasteiger partial charge on any atom is 0.349 e. The third-order valence-corrected chi connectivity index (χ3v) is 7.35. The molecular weight excluding hydrogens is 464 g/mol. The lowest BCUT2D eigenvalue weighted by atomic mass is 9.82. The number of aliphatic imine (C=N–C) groups is 1. The second-order valence-electron chi connectivity index (χ2n) is 10.7. The van der Waals surface area contributed by atoms with Crippen LogP contribution in [0.5, 0.6) is 5.75 Å². The summed E-state index contributed by atoms with van der Waals surface area (Å²) in [7, 11) is 0. The third kappa shape index (κ3) is 6.06. The third-order valence-electron chi connectivity index (χ3n) is 7.35. The highest BCUT2D eigenvalue weighted by molar-refractivity contribution is 6.08. The van der Waals surface area contributed by atoms with Gasteiger partial charge in [0, 0.05) is 6.42 Å². The second kappa shape index (κ2) is 11.5.